The number of unbranched alkanes of at least 4 members (excludes halogenated alkanes) is 3. The largest absolute Gasteiger partial charge is 0.0623 e. The Morgan fingerprint density at radius 2 is 2.33 bits per heavy atom. The molecule has 0 aromatic rings. The zero-order valence-electron chi connectivity index (χ0n) is 4.49. The van der Waals surface area contributed by atoms with Crippen LogP contribution in [0.2, 0.25) is 0 Å². The minimum Gasteiger partial charge on any atom is -0.0623 e. The summed E-state index contributed by atoms with van der Waals surface area (Å²) in [5, 5.41) is 0. The van der Waals surface area contributed by atoms with E-state index in [0.717, 1.165) is 6.42 Å². The summed E-state index contributed by atoms with van der Waals surface area (Å²) in [7, 11) is 0. The molecule has 0 fully saturated rings. The van der Waals surface area contributed by atoms with Crippen molar-refractivity contribution in [1.29, 1.82) is 0 Å². The van der Waals surface area contributed by atoms with Crippen LogP contribution < -0.4 is 0 Å². The van der Waals surface area contributed by atoms with Crippen LogP contribution in [0, 0.1) is 12.8 Å². The van der Waals surface area contributed by atoms with Gasteiger partial charge in [-0.2, -0.15) is 0 Å². The zero-order valence-corrected chi connectivity index (χ0v) is 4.49. The van der Waals surface area contributed by atoms with Gasteiger partial charge in [0, 0.05) is 0 Å². The van der Waals surface area contributed by atoms with Crippen LogP contribution in [0.4, 0.5) is 0 Å². The van der Waals surface area contributed by atoms with Crippen molar-refractivity contribution in [3.05, 3.63) is 12.8 Å². The smallest absolute Gasteiger partial charge is 0.0207 e. The van der Waals surface area contributed by atoms with E-state index in [-0.39, 0.29) is 0 Å². The molecule has 0 spiro atoms. The highest BCUT2D eigenvalue weighted by Crippen LogP contribution is 1.93. The molecule has 0 bridgehead atoms. The van der Waals surface area contributed by atoms with Gasteiger partial charge in [-0.25, -0.2) is 0 Å². The van der Waals surface area contributed by atoms with Crippen molar-refractivity contribution in [2.24, 2.45) is 0 Å². The third kappa shape index (κ3) is 4.00. The average molecular weight is 83.2 g/mol. The van der Waals surface area contributed by atoms with Gasteiger partial charge in [-0.05, 0) is 25.7 Å². The fourth-order valence-electron chi connectivity index (χ4n) is 0.289. The van der Waals surface area contributed by atoms with Gasteiger partial charge in [0.15, 0.2) is 0 Å². The Balaban J connectivity index is 2.34. The highest BCUT2D eigenvalue weighted by Gasteiger charge is 1.76. The molecule has 0 heteroatoms. The highest BCUT2D eigenvalue weighted by atomic mass is 13.8. The normalized spacial score (nSPS) is 9.00. The molecule has 0 aromatic heterocycles. The molecule has 0 saturated carbocycles. The molecule has 0 N–H and O–H groups in total. The van der Waals surface area contributed by atoms with Crippen LogP contribution in [0.15, 0.2) is 0 Å². The van der Waals surface area contributed by atoms with Gasteiger partial charge in [0.25, 0.3) is 0 Å². The molecule has 0 heterocycles. The molecular weight excluding hydrogens is 72.1 g/mol. The van der Waals surface area contributed by atoms with E-state index >= 15 is 0 Å². The first-order valence-electron chi connectivity index (χ1n) is 2.34. The van der Waals surface area contributed by atoms with Crippen molar-refractivity contribution in [3.63, 3.8) is 0 Å². The Labute approximate surface area is 40.6 Å². The van der Waals surface area contributed by atoms with Crippen LogP contribution in [-0.4, -0.2) is 0 Å². The van der Waals surface area contributed by atoms with Gasteiger partial charge in [-0.1, -0.05) is 13.8 Å². The number of hydrogen-bond acceptors (Lipinski definition) is 0. The summed E-state index contributed by atoms with van der Waals surface area (Å²) in [4.78, 5) is 0. The van der Waals surface area contributed by atoms with Gasteiger partial charge in [0.05, 0.1) is 0 Å². The van der Waals surface area contributed by atoms with E-state index in [1.165, 1.54) is 6.42 Å². The third-order valence-corrected chi connectivity index (χ3v) is 0.683. The maximum Gasteiger partial charge on any atom is -0.0207 e. The lowest BCUT2D eigenvalue weighted by Gasteiger charge is -1.84. The Bertz CT molecular complexity index is 12.0. The summed E-state index contributed by atoms with van der Waals surface area (Å²) in [5.74, 6) is 0. The molecule has 0 atom stereocenters. The molecule has 0 rings (SSSR count). The molecule has 0 aliphatic heterocycles. The van der Waals surface area contributed by atoms with Crippen LogP contribution in [0.5, 0.6) is 0 Å². The monoisotopic (exact) mass is 83.1 g/mol. The van der Waals surface area contributed by atoms with Gasteiger partial charge in [0.2, 0.25) is 0 Å². The van der Waals surface area contributed by atoms with E-state index in [9.17, 15) is 0 Å². The van der Waals surface area contributed by atoms with E-state index in [0.29, 0.717) is 0 Å². The van der Waals surface area contributed by atoms with Crippen LogP contribution in [0.25, 0.3) is 0 Å². The van der Waals surface area contributed by atoms with E-state index in [1.807, 2.05) is 6.92 Å². The first-order chi connectivity index (χ1) is 2.91. The van der Waals surface area contributed by atoms with Crippen molar-refractivity contribution in [2.75, 3.05) is 0 Å². The summed E-state index contributed by atoms with van der Waals surface area (Å²) in [6, 6.07) is 0. The third-order valence-electron chi connectivity index (χ3n) is 0.683. The molecule has 0 amide bonds. The van der Waals surface area contributed by atoms with Crippen LogP contribution >= 0.6 is 0 Å². The second-order valence-electron chi connectivity index (χ2n) is 1.30. The maximum absolute atomic E-state index is 3.04. The molecule has 0 aromatic carbocycles. The summed E-state index contributed by atoms with van der Waals surface area (Å²) in [6.45, 7) is 4.03. The quantitative estimate of drug-likeness (QED) is 0.458. The second kappa shape index (κ2) is 5.00. The number of rotatable bonds is 3. The van der Waals surface area contributed by atoms with Crippen molar-refractivity contribution >= 4 is 0 Å². The zero-order chi connectivity index (χ0) is 4.83. The second-order valence-corrected chi connectivity index (χ2v) is 1.30. The van der Waals surface area contributed by atoms with E-state index in [1.54, 1.807) is 0 Å². The minimum absolute atomic E-state index is 1.11. The SMILES string of the molecule is C[C]CC[CH]C. The molecule has 3 radical (unpaired) electrons. The summed E-state index contributed by atoms with van der Waals surface area (Å²) in [6.07, 6.45) is 7.47. The Kier molecular flexibility index (Phi) is 5.00. The molecular formula is C6H11. The van der Waals surface area contributed by atoms with Gasteiger partial charge >= 0.3 is 0 Å². The van der Waals surface area contributed by atoms with E-state index in [4.69, 9.17) is 0 Å². The number of hydrogen-bond donors (Lipinski definition) is 0. The lowest BCUT2D eigenvalue weighted by Crippen LogP contribution is -1.68. The van der Waals surface area contributed by atoms with Gasteiger partial charge in [-0.3, -0.25) is 0 Å². The molecule has 0 aliphatic rings. The minimum atomic E-state index is 1.11. The standard InChI is InChI=1S/C6H11/c1-3-5-6-4-2/h3H,5-6H2,1-2H3. The fraction of sp³-hybridized carbons (Fsp3) is 0.667. The van der Waals surface area contributed by atoms with Crippen LogP contribution in [0.1, 0.15) is 26.7 Å². The molecule has 35 valence electrons. The van der Waals surface area contributed by atoms with Crippen molar-refractivity contribution in [3.8, 4) is 0 Å². The Morgan fingerprint density at radius 3 is 2.50 bits per heavy atom. The highest BCUT2D eigenvalue weighted by molar-refractivity contribution is 4.62. The predicted octanol–water partition coefficient (Wildman–Crippen LogP) is 2.09. The van der Waals surface area contributed by atoms with Crippen LogP contribution in [-0.2, 0) is 0 Å². The molecule has 0 unspecified atom stereocenters. The summed E-state index contributed by atoms with van der Waals surface area (Å²) >= 11 is 0. The lowest BCUT2D eigenvalue weighted by atomic mass is 10.2. The van der Waals surface area contributed by atoms with Crippen molar-refractivity contribution < 1.29 is 0 Å². The predicted molar refractivity (Wildman–Crippen MR) is 28.1 cm³/mol. The first kappa shape index (κ1) is 6.00. The van der Waals surface area contributed by atoms with Crippen molar-refractivity contribution in [1.82, 2.24) is 0 Å². The molecule has 6 heavy (non-hydrogen) atoms. The summed E-state index contributed by atoms with van der Waals surface area (Å²) in [5.41, 5.74) is 0. The Morgan fingerprint density at radius 1 is 1.67 bits per heavy atom. The van der Waals surface area contributed by atoms with E-state index in [2.05, 4.69) is 19.8 Å². The van der Waals surface area contributed by atoms with Gasteiger partial charge in [0.1, 0.15) is 0 Å². The van der Waals surface area contributed by atoms with Crippen LogP contribution in [0.3, 0.4) is 0 Å². The molecule has 0 aliphatic carbocycles. The first-order valence-corrected chi connectivity index (χ1v) is 2.34. The molecule has 0 saturated heterocycles. The summed E-state index contributed by atoms with van der Waals surface area (Å²) < 4.78 is 0. The maximum atomic E-state index is 3.04. The topological polar surface area (TPSA) is 0 Å². The van der Waals surface area contributed by atoms with E-state index < -0.39 is 0 Å². The Hall–Kier alpha value is 0. The fourth-order valence-corrected chi connectivity index (χ4v) is 0.289. The lowest BCUT2D eigenvalue weighted by molar-refractivity contribution is 0.915. The van der Waals surface area contributed by atoms with Crippen molar-refractivity contribution in [2.45, 2.75) is 26.7 Å². The molecule has 0 nitrogen and oxygen atoms in total. The van der Waals surface area contributed by atoms with Gasteiger partial charge < -0.3 is 0 Å². The average Bonchev–Trinajstić information content (AvgIpc) is 1.61. The van der Waals surface area contributed by atoms with Gasteiger partial charge in [-0.15, -0.1) is 0 Å².